The number of nitrogens with zero attached hydrogens (tertiary/aromatic N) is 2. The van der Waals surface area contributed by atoms with Crippen molar-refractivity contribution < 1.29 is 4.39 Å². The lowest BCUT2D eigenvalue weighted by Crippen LogP contribution is -2.28. The van der Waals surface area contributed by atoms with E-state index in [0.29, 0.717) is 11.3 Å². The third-order valence-corrected chi connectivity index (χ3v) is 16.8. The summed E-state index contributed by atoms with van der Waals surface area (Å²) in [7, 11) is 0. The first-order chi connectivity index (χ1) is 40.0. The number of hydrogen-bond acceptors (Lipinski definition) is 2. The van der Waals surface area contributed by atoms with Gasteiger partial charge in [-0.2, -0.15) is 0 Å². The average Bonchev–Trinajstić information content (AvgIpc) is 2.21. The molecule has 2 atom stereocenters. The second kappa shape index (κ2) is 20.1. The minimum Gasteiger partial charge on any atom is -0.310 e. The molecule has 14 rings (SSSR count). The van der Waals surface area contributed by atoms with E-state index in [-0.39, 0.29) is 5.82 Å². The summed E-state index contributed by atoms with van der Waals surface area (Å²) >= 11 is 0. The van der Waals surface area contributed by atoms with Crippen LogP contribution in [-0.4, -0.2) is 0 Å². The summed E-state index contributed by atoms with van der Waals surface area (Å²) in [6.07, 6.45) is 3.79. The Hall–Kier alpha value is -10.4. The van der Waals surface area contributed by atoms with E-state index in [1.54, 1.807) is 6.07 Å². The van der Waals surface area contributed by atoms with Gasteiger partial charge >= 0.3 is 0 Å². The molecule has 0 bridgehead atoms. The van der Waals surface area contributed by atoms with Gasteiger partial charge in [0.25, 0.3) is 0 Å². The van der Waals surface area contributed by atoms with E-state index in [4.69, 9.17) is 0 Å². The lowest BCUT2D eigenvalue weighted by atomic mass is 9.67. The van der Waals surface area contributed by atoms with Gasteiger partial charge in [0.1, 0.15) is 5.82 Å². The van der Waals surface area contributed by atoms with Crippen molar-refractivity contribution in [1.82, 2.24) is 0 Å². The molecule has 2 aliphatic rings. The van der Waals surface area contributed by atoms with Gasteiger partial charge in [-0.15, -0.1) is 0 Å². The summed E-state index contributed by atoms with van der Waals surface area (Å²) in [5, 5.41) is 0. The molecule has 12 aromatic carbocycles. The highest BCUT2D eigenvalue weighted by atomic mass is 19.1. The highest BCUT2D eigenvalue weighted by molar-refractivity contribution is 5.92. The van der Waals surface area contributed by atoms with Crippen LogP contribution in [0.3, 0.4) is 0 Å². The first-order valence-corrected chi connectivity index (χ1v) is 27.7. The van der Waals surface area contributed by atoms with Crippen LogP contribution in [0.25, 0.3) is 45.5 Å². The fourth-order valence-electron chi connectivity index (χ4n) is 13.2. The predicted molar refractivity (Wildman–Crippen MR) is 336 cm³/mol. The van der Waals surface area contributed by atoms with Gasteiger partial charge in [-0.25, -0.2) is 4.39 Å². The number of halogens is 1. The normalized spacial score (nSPS) is 15.4. The molecule has 2 nitrogen and oxygen atoms in total. The van der Waals surface area contributed by atoms with Crippen LogP contribution in [0, 0.1) is 5.82 Å². The predicted octanol–water partition coefficient (Wildman–Crippen LogP) is 20.4. The van der Waals surface area contributed by atoms with Gasteiger partial charge in [0, 0.05) is 39.7 Å². The van der Waals surface area contributed by atoms with Gasteiger partial charge in [0.2, 0.25) is 0 Å². The van der Waals surface area contributed by atoms with Crippen LogP contribution in [0.4, 0.5) is 38.5 Å². The molecule has 12 aromatic rings. The Morgan fingerprint density at radius 1 is 0.272 bits per heavy atom. The Kier molecular flexibility index (Phi) is 12.2. The molecule has 0 spiro atoms. The molecule has 0 fully saturated rings. The zero-order valence-corrected chi connectivity index (χ0v) is 44.6. The molecule has 0 radical (unpaired) electrons. The lowest BCUT2D eigenvalue weighted by molar-refractivity contribution is 0.631. The first kappa shape index (κ1) is 49.0. The molecule has 2 unspecified atom stereocenters. The van der Waals surface area contributed by atoms with Crippen LogP contribution in [0.1, 0.15) is 55.6 Å². The molecule has 3 heteroatoms. The molecule has 0 heterocycles. The Labute approximate surface area is 474 Å². The van der Waals surface area contributed by atoms with E-state index < -0.39 is 10.8 Å². The third-order valence-electron chi connectivity index (χ3n) is 16.8. The Morgan fingerprint density at radius 2 is 0.593 bits per heavy atom. The monoisotopic (exact) mass is 1040 g/mol. The molecule has 81 heavy (non-hydrogen) atoms. The van der Waals surface area contributed by atoms with Crippen molar-refractivity contribution in [3.05, 3.63) is 372 Å². The van der Waals surface area contributed by atoms with E-state index in [1.165, 1.54) is 61.2 Å². The molecule has 0 N–H and O–H groups in total. The number of anilines is 6. The maximum atomic E-state index is 17.3. The molecule has 0 saturated heterocycles. The van der Waals surface area contributed by atoms with Crippen LogP contribution in [0.5, 0.6) is 0 Å². The Balaban J connectivity index is 0.859. The van der Waals surface area contributed by atoms with Crippen molar-refractivity contribution in [2.75, 3.05) is 9.80 Å². The molecule has 0 amide bonds. The molecule has 2 aliphatic carbocycles. The SMILES string of the molecule is C=Cc1ccc(C2(c3ccccc3)c3ccccc3-c3ccc(N(c4ccccc4)c4ccc(-c5ccc(N(c6ccccc6)c6ccc7c(c6)C(c6ccccc6)(c6ccc(C=C)cc6)c6ccccc6-7)cc5F)cc4)cc32)cc1. The summed E-state index contributed by atoms with van der Waals surface area (Å²) in [6.45, 7) is 8.11. The Morgan fingerprint density at radius 3 is 1.01 bits per heavy atom. The van der Waals surface area contributed by atoms with Gasteiger partial charge in [0.05, 0.1) is 10.8 Å². The molecular formula is C78H55FN2. The quantitative estimate of drug-likeness (QED) is 0.114. The van der Waals surface area contributed by atoms with Crippen molar-refractivity contribution in [2.24, 2.45) is 0 Å². The third kappa shape index (κ3) is 7.92. The molecule has 0 saturated carbocycles. The fourth-order valence-corrected chi connectivity index (χ4v) is 13.2. The fraction of sp³-hybridized carbons (Fsp3) is 0.0256. The van der Waals surface area contributed by atoms with Gasteiger partial charge in [0.15, 0.2) is 0 Å². The van der Waals surface area contributed by atoms with Gasteiger partial charge < -0.3 is 9.80 Å². The van der Waals surface area contributed by atoms with Gasteiger partial charge in [-0.05, 0) is 162 Å². The summed E-state index contributed by atoms with van der Waals surface area (Å²) in [4.78, 5) is 4.48. The molecule has 384 valence electrons. The minimum atomic E-state index is -0.625. The van der Waals surface area contributed by atoms with E-state index >= 15 is 4.39 Å². The van der Waals surface area contributed by atoms with Crippen molar-refractivity contribution in [3.63, 3.8) is 0 Å². The van der Waals surface area contributed by atoms with Crippen molar-refractivity contribution in [1.29, 1.82) is 0 Å². The summed E-state index contributed by atoms with van der Waals surface area (Å²) in [5.74, 6) is -0.313. The van der Waals surface area contributed by atoms with E-state index in [9.17, 15) is 0 Å². The standard InChI is InChI=1S/C78H55FN2/c1-3-54-33-39-59(40-34-54)77(57-21-9-5-10-22-57)72-31-19-17-29-68(72)70-49-46-64(51-74(70)77)80(61-25-13-7-14-26-61)63-43-37-56(38-44-63)67-48-45-66(53-76(67)79)81(62-27-15-8-16-28-62)65-47-50-71-69-30-18-20-32-73(69)78(75(71)52-65,58-23-11-6-12-24-58)60-41-35-55(4-2)36-42-60/h3-53H,1-2H2. The van der Waals surface area contributed by atoms with Crippen LogP contribution < -0.4 is 9.80 Å². The number of para-hydroxylation sites is 2. The number of benzene rings is 12. The summed E-state index contributed by atoms with van der Waals surface area (Å²) in [5.41, 5.74) is 22.1. The second-order valence-electron chi connectivity index (χ2n) is 21.0. The number of fused-ring (bicyclic) bond motifs is 6. The topological polar surface area (TPSA) is 6.48 Å². The smallest absolute Gasteiger partial charge is 0.133 e. The van der Waals surface area contributed by atoms with E-state index in [0.717, 1.165) is 50.7 Å². The van der Waals surface area contributed by atoms with Crippen molar-refractivity contribution in [3.8, 4) is 33.4 Å². The second-order valence-corrected chi connectivity index (χ2v) is 21.0. The molecule has 0 aliphatic heterocycles. The zero-order chi connectivity index (χ0) is 54.5. The zero-order valence-electron chi connectivity index (χ0n) is 44.6. The lowest BCUT2D eigenvalue weighted by Gasteiger charge is -2.35. The van der Waals surface area contributed by atoms with E-state index in [1.807, 2.05) is 60.7 Å². The van der Waals surface area contributed by atoms with Crippen LogP contribution >= 0.6 is 0 Å². The first-order valence-electron chi connectivity index (χ1n) is 27.7. The highest BCUT2D eigenvalue weighted by Gasteiger charge is 2.48. The minimum absolute atomic E-state index is 0.313. The van der Waals surface area contributed by atoms with Gasteiger partial charge in [-0.1, -0.05) is 244 Å². The maximum Gasteiger partial charge on any atom is 0.133 e. The molecular weight excluding hydrogens is 984 g/mol. The van der Waals surface area contributed by atoms with Crippen molar-refractivity contribution >= 4 is 46.3 Å². The summed E-state index contributed by atoms with van der Waals surface area (Å²) < 4.78 is 17.3. The van der Waals surface area contributed by atoms with Crippen LogP contribution in [0.2, 0.25) is 0 Å². The van der Waals surface area contributed by atoms with Crippen LogP contribution in [0.15, 0.2) is 310 Å². The largest absolute Gasteiger partial charge is 0.310 e. The van der Waals surface area contributed by atoms with E-state index in [2.05, 4.69) is 266 Å². The van der Waals surface area contributed by atoms with Gasteiger partial charge in [-0.3, -0.25) is 0 Å². The summed E-state index contributed by atoms with van der Waals surface area (Å²) in [6, 6.07) is 105. The molecule has 0 aromatic heterocycles. The maximum absolute atomic E-state index is 17.3. The average molecular weight is 1040 g/mol. The number of hydrogen-bond donors (Lipinski definition) is 0. The number of rotatable bonds is 13. The highest BCUT2D eigenvalue weighted by Crippen LogP contribution is 2.59. The Bertz CT molecular complexity index is 4310. The van der Waals surface area contributed by atoms with Crippen LogP contribution in [-0.2, 0) is 10.8 Å². The van der Waals surface area contributed by atoms with Crippen molar-refractivity contribution in [2.45, 2.75) is 10.8 Å².